The van der Waals surface area contributed by atoms with Gasteiger partial charge in [0.15, 0.2) is 0 Å². The Kier molecular flexibility index (Phi) is 5.57. The largest absolute Gasteiger partial charge is 0.496 e. The first kappa shape index (κ1) is 15.2. The molecule has 0 aliphatic carbocycles. The molecule has 0 bridgehead atoms. The molecular formula is C15H21NO3. The zero-order valence-corrected chi connectivity index (χ0v) is 11.9. The monoisotopic (exact) mass is 263 g/mol. The van der Waals surface area contributed by atoms with Crippen LogP contribution >= 0.6 is 0 Å². The Morgan fingerprint density at radius 1 is 1.37 bits per heavy atom. The van der Waals surface area contributed by atoms with Gasteiger partial charge < -0.3 is 9.84 Å². The molecule has 4 nitrogen and oxygen atoms in total. The first-order valence-electron chi connectivity index (χ1n) is 6.16. The third kappa shape index (κ3) is 4.75. The number of aliphatic carboxylic acids is 1. The Labute approximate surface area is 114 Å². The molecule has 0 aliphatic rings. The molecule has 0 saturated heterocycles. The van der Waals surface area contributed by atoms with Gasteiger partial charge in [-0.1, -0.05) is 12.1 Å². The van der Waals surface area contributed by atoms with E-state index in [-0.39, 0.29) is 0 Å². The van der Waals surface area contributed by atoms with E-state index in [1.54, 1.807) is 13.2 Å². The molecule has 4 heteroatoms. The summed E-state index contributed by atoms with van der Waals surface area (Å²) in [6.07, 6.45) is 2.82. The number of hydrogen-bond donors (Lipinski definition) is 1. The molecule has 104 valence electrons. The second kappa shape index (κ2) is 6.95. The SMILES string of the molecule is COc1cc(C)c(CN(C)C/C=C/C(=O)O)cc1C. The van der Waals surface area contributed by atoms with Crippen LogP contribution < -0.4 is 4.74 Å². The number of benzene rings is 1. The Hall–Kier alpha value is -1.81. The summed E-state index contributed by atoms with van der Waals surface area (Å²) >= 11 is 0. The fourth-order valence-electron chi connectivity index (χ4n) is 1.93. The van der Waals surface area contributed by atoms with Crippen molar-refractivity contribution in [2.75, 3.05) is 20.7 Å². The van der Waals surface area contributed by atoms with E-state index in [0.717, 1.165) is 17.9 Å². The first-order chi connectivity index (χ1) is 8.93. The maximum Gasteiger partial charge on any atom is 0.328 e. The lowest BCUT2D eigenvalue weighted by Crippen LogP contribution is -2.18. The minimum atomic E-state index is -0.912. The molecule has 0 spiro atoms. The second-order valence-corrected chi connectivity index (χ2v) is 4.69. The van der Waals surface area contributed by atoms with Gasteiger partial charge in [-0.2, -0.15) is 0 Å². The molecule has 19 heavy (non-hydrogen) atoms. The summed E-state index contributed by atoms with van der Waals surface area (Å²) < 4.78 is 5.29. The Balaban J connectivity index is 2.71. The molecule has 0 amide bonds. The summed E-state index contributed by atoms with van der Waals surface area (Å²) in [7, 11) is 3.63. The van der Waals surface area contributed by atoms with E-state index in [0.29, 0.717) is 6.54 Å². The molecule has 0 aliphatic heterocycles. The third-order valence-corrected chi connectivity index (χ3v) is 2.97. The summed E-state index contributed by atoms with van der Waals surface area (Å²) in [5.41, 5.74) is 3.51. The number of carbonyl (C=O) groups is 1. The van der Waals surface area contributed by atoms with Gasteiger partial charge in [-0.3, -0.25) is 4.90 Å². The van der Waals surface area contributed by atoms with Crippen molar-refractivity contribution in [3.05, 3.63) is 41.0 Å². The Morgan fingerprint density at radius 3 is 2.63 bits per heavy atom. The summed E-state index contributed by atoms with van der Waals surface area (Å²) in [6, 6.07) is 4.15. The predicted octanol–water partition coefficient (Wildman–Crippen LogP) is 2.38. The first-order valence-corrected chi connectivity index (χ1v) is 6.16. The minimum absolute atomic E-state index is 0.608. The van der Waals surface area contributed by atoms with Crippen LogP contribution in [0.5, 0.6) is 5.75 Å². The maximum atomic E-state index is 10.4. The van der Waals surface area contributed by atoms with Gasteiger partial charge in [-0.15, -0.1) is 0 Å². The topological polar surface area (TPSA) is 49.8 Å². The highest BCUT2D eigenvalue weighted by Crippen LogP contribution is 2.23. The minimum Gasteiger partial charge on any atom is -0.496 e. The van der Waals surface area contributed by atoms with E-state index < -0.39 is 5.97 Å². The van der Waals surface area contributed by atoms with Crippen LogP contribution in [0, 0.1) is 13.8 Å². The van der Waals surface area contributed by atoms with E-state index in [9.17, 15) is 4.79 Å². The molecule has 0 radical (unpaired) electrons. The third-order valence-electron chi connectivity index (χ3n) is 2.97. The smallest absolute Gasteiger partial charge is 0.328 e. The number of rotatable bonds is 6. The zero-order valence-electron chi connectivity index (χ0n) is 11.9. The van der Waals surface area contributed by atoms with Gasteiger partial charge in [0.1, 0.15) is 5.75 Å². The molecule has 0 saturated carbocycles. The molecule has 0 atom stereocenters. The summed E-state index contributed by atoms with van der Waals surface area (Å²) in [6.45, 7) is 5.46. The average Bonchev–Trinajstić information content (AvgIpc) is 2.32. The predicted molar refractivity (Wildman–Crippen MR) is 75.6 cm³/mol. The number of hydrogen-bond acceptors (Lipinski definition) is 3. The van der Waals surface area contributed by atoms with Gasteiger partial charge >= 0.3 is 5.97 Å². The molecule has 1 aromatic carbocycles. The van der Waals surface area contributed by atoms with Gasteiger partial charge in [0.2, 0.25) is 0 Å². The van der Waals surface area contributed by atoms with Crippen molar-refractivity contribution in [3.63, 3.8) is 0 Å². The van der Waals surface area contributed by atoms with Crippen LogP contribution in [0.4, 0.5) is 0 Å². The molecule has 1 N–H and O–H groups in total. The Morgan fingerprint density at radius 2 is 2.05 bits per heavy atom. The molecule has 0 unspecified atom stereocenters. The van der Waals surface area contributed by atoms with Crippen LogP contribution in [0.15, 0.2) is 24.3 Å². The molecule has 0 fully saturated rings. The number of methoxy groups -OCH3 is 1. The zero-order chi connectivity index (χ0) is 14.4. The normalized spacial score (nSPS) is 11.2. The van der Waals surface area contributed by atoms with Crippen LogP contribution in [0.25, 0.3) is 0 Å². The maximum absolute atomic E-state index is 10.4. The van der Waals surface area contributed by atoms with E-state index in [2.05, 4.69) is 17.9 Å². The van der Waals surface area contributed by atoms with Crippen molar-refractivity contribution in [2.24, 2.45) is 0 Å². The summed E-state index contributed by atoms with van der Waals surface area (Å²) in [5.74, 6) is -0.0143. The van der Waals surface area contributed by atoms with E-state index >= 15 is 0 Å². The fourth-order valence-corrected chi connectivity index (χ4v) is 1.93. The van der Waals surface area contributed by atoms with E-state index in [4.69, 9.17) is 9.84 Å². The van der Waals surface area contributed by atoms with Crippen molar-refractivity contribution in [2.45, 2.75) is 20.4 Å². The van der Waals surface area contributed by atoms with Crippen LogP contribution in [0.2, 0.25) is 0 Å². The fraction of sp³-hybridized carbons (Fsp3) is 0.400. The van der Waals surface area contributed by atoms with Crippen LogP contribution in [0.3, 0.4) is 0 Å². The number of carboxylic acids is 1. The molecular weight excluding hydrogens is 242 g/mol. The number of ether oxygens (including phenoxy) is 1. The molecule has 0 aromatic heterocycles. The highest BCUT2D eigenvalue weighted by molar-refractivity contribution is 5.79. The van der Waals surface area contributed by atoms with Crippen LogP contribution in [0.1, 0.15) is 16.7 Å². The van der Waals surface area contributed by atoms with Gasteiger partial charge in [-0.05, 0) is 43.7 Å². The van der Waals surface area contributed by atoms with Gasteiger partial charge in [-0.25, -0.2) is 4.79 Å². The highest BCUT2D eigenvalue weighted by atomic mass is 16.5. The van der Waals surface area contributed by atoms with Crippen LogP contribution in [-0.2, 0) is 11.3 Å². The lowest BCUT2D eigenvalue weighted by molar-refractivity contribution is -0.131. The number of nitrogens with zero attached hydrogens (tertiary/aromatic N) is 1. The molecule has 1 aromatic rings. The Bertz CT molecular complexity index is 481. The summed E-state index contributed by atoms with van der Waals surface area (Å²) in [4.78, 5) is 12.5. The number of aryl methyl sites for hydroxylation is 2. The number of likely N-dealkylation sites (N-methyl/N-ethyl adjacent to an activating group) is 1. The lowest BCUT2D eigenvalue weighted by atomic mass is 10.0. The van der Waals surface area contributed by atoms with E-state index in [1.165, 1.54) is 17.2 Å². The van der Waals surface area contributed by atoms with Crippen molar-refractivity contribution in [3.8, 4) is 5.75 Å². The van der Waals surface area contributed by atoms with E-state index in [1.807, 2.05) is 20.0 Å². The van der Waals surface area contributed by atoms with Crippen molar-refractivity contribution >= 4 is 5.97 Å². The standard InChI is InChI=1S/C15H21NO3/c1-11-9-14(19-4)12(2)8-13(11)10-16(3)7-5-6-15(17)18/h5-6,8-9H,7,10H2,1-4H3,(H,17,18)/b6-5+. The second-order valence-electron chi connectivity index (χ2n) is 4.69. The van der Waals surface area contributed by atoms with Crippen LogP contribution in [-0.4, -0.2) is 36.7 Å². The quantitative estimate of drug-likeness (QED) is 0.801. The van der Waals surface area contributed by atoms with Crippen molar-refractivity contribution in [1.82, 2.24) is 4.90 Å². The van der Waals surface area contributed by atoms with Gasteiger partial charge in [0.25, 0.3) is 0 Å². The lowest BCUT2D eigenvalue weighted by Gasteiger charge is -2.17. The number of carboxylic acid groups (broad SMARTS) is 1. The average molecular weight is 263 g/mol. The van der Waals surface area contributed by atoms with Crippen molar-refractivity contribution < 1.29 is 14.6 Å². The summed E-state index contributed by atoms with van der Waals surface area (Å²) in [5, 5.41) is 8.54. The highest BCUT2D eigenvalue weighted by Gasteiger charge is 2.06. The molecule has 1 rings (SSSR count). The molecule has 0 heterocycles. The van der Waals surface area contributed by atoms with Gasteiger partial charge in [0.05, 0.1) is 7.11 Å². The van der Waals surface area contributed by atoms with Gasteiger partial charge in [0, 0.05) is 19.2 Å². The van der Waals surface area contributed by atoms with Crippen molar-refractivity contribution in [1.29, 1.82) is 0 Å².